The number of hydrogen-bond donors (Lipinski definition) is 0. The van der Waals surface area contributed by atoms with E-state index in [1.807, 2.05) is 0 Å². The number of hydrogen-bond acceptors (Lipinski definition) is 5. The standard InChI is InChI=1S/C14H17ClN2O4S/c1-4-17(5-2)22(19,20)13-8-11(6-7-12(13)15)14(18)21-10(3)9-16/h6-8,10H,4-5H2,1-3H3/t10-/m0/s1. The van der Waals surface area contributed by atoms with Gasteiger partial charge in [0.05, 0.1) is 10.6 Å². The van der Waals surface area contributed by atoms with E-state index in [0.717, 1.165) is 0 Å². The number of nitriles is 1. The molecular formula is C14H17ClN2O4S. The Morgan fingerprint density at radius 3 is 2.50 bits per heavy atom. The molecule has 0 N–H and O–H groups in total. The predicted molar refractivity (Wildman–Crippen MR) is 82.0 cm³/mol. The number of carbonyl (C=O) groups excluding carboxylic acids is 1. The highest BCUT2D eigenvalue weighted by atomic mass is 35.5. The summed E-state index contributed by atoms with van der Waals surface area (Å²) in [7, 11) is -3.79. The van der Waals surface area contributed by atoms with Crippen LogP contribution in [0.4, 0.5) is 0 Å². The van der Waals surface area contributed by atoms with Gasteiger partial charge in [-0.05, 0) is 25.1 Å². The molecule has 1 aromatic carbocycles. The van der Waals surface area contributed by atoms with Crippen LogP contribution in [0.2, 0.25) is 5.02 Å². The highest BCUT2D eigenvalue weighted by Crippen LogP contribution is 2.26. The summed E-state index contributed by atoms with van der Waals surface area (Å²) in [6.45, 7) is 5.41. The minimum Gasteiger partial charge on any atom is -0.444 e. The summed E-state index contributed by atoms with van der Waals surface area (Å²) in [6.07, 6.45) is -0.925. The Labute approximate surface area is 135 Å². The van der Waals surface area contributed by atoms with Gasteiger partial charge in [-0.25, -0.2) is 13.2 Å². The maximum atomic E-state index is 12.5. The molecule has 0 saturated heterocycles. The van der Waals surface area contributed by atoms with Crippen LogP contribution in [0.25, 0.3) is 0 Å². The van der Waals surface area contributed by atoms with Gasteiger partial charge in [0.2, 0.25) is 10.0 Å². The Bertz CT molecular complexity index is 693. The lowest BCUT2D eigenvalue weighted by Crippen LogP contribution is -2.31. The molecule has 0 aliphatic carbocycles. The first kappa shape index (κ1) is 18.4. The van der Waals surface area contributed by atoms with E-state index in [9.17, 15) is 13.2 Å². The van der Waals surface area contributed by atoms with Gasteiger partial charge in [0.25, 0.3) is 0 Å². The molecular weight excluding hydrogens is 328 g/mol. The van der Waals surface area contributed by atoms with Gasteiger partial charge in [-0.2, -0.15) is 9.57 Å². The molecule has 0 unspecified atom stereocenters. The fraction of sp³-hybridized carbons (Fsp3) is 0.429. The summed E-state index contributed by atoms with van der Waals surface area (Å²) in [6, 6.07) is 5.61. The number of sulfonamides is 1. The van der Waals surface area contributed by atoms with Gasteiger partial charge in [0.1, 0.15) is 11.0 Å². The minimum atomic E-state index is -3.79. The molecule has 120 valence electrons. The molecule has 8 heteroatoms. The third-order valence-electron chi connectivity index (χ3n) is 2.96. The van der Waals surface area contributed by atoms with Crippen molar-refractivity contribution in [1.82, 2.24) is 4.31 Å². The molecule has 0 fully saturated rings. The zero-order valence-corrected chi connectivity index (χ0v) is 14.1. The van der Waals surface area contributed by atoms with Crippen LogP contribution < -0.4 is 0 Å². The van der Waals surface area contributed by atoms with E-state index in [1.54, 1.807) is 19.9 Å². The topological polar surface area (TPSA) is 87.5 Å². The zero-order valence-electron chi connectivity index (χ0n) is 12.5. The van der Waals surface area contributed by atoms with E-state index in [2.05, 4.69) is 0 Å². The van der Waals surface area contributed by atoms with Crippen molar-refractivity contribution in [2.24, 2.45) is 0 Å². The van der Waals surface area contributed by atoms with E-state index in [4.69, 9.17) is 21.6 Å². The Hall–Kier alpha value is -1.62. The van der Waals surface area contributed by atoms with Gasteiger partial charge >= 0.3 is 5.97 Å². The van der Waals surface area contributed by atoms with Crippen LogP contribution in [0.3, 0.4) is 0 Å². The fourth-order valence-electron chi connectivity index (χ4n) is 1.79. The molecule has 0 saturated carbocycles. The van der Waals surface area contributed by atoms with Crippen LogP contribution in [-0.4, -0.2) is 37.9 Å². The third-order valence-corrected chi connectivity index (χ3v) is 5.49. The Morgan fingerprint density at radius 2 is 2.00 bits per heavy atom. The van der Waals surface area contributed by atoms with Gasteiger partial charge in [0, 0.05) is 13.1 Å². The maximum absolute atomic E-state index is 12.5. The minimum absolute atomic E-state index is 0.0248. The molecule has 0 bridgehead atoms. The van der Waals surface area contributed by atoms with Crippen LogP contribution in [0.15, 0.2) is 23.1 Å². The Kier molecular flexibility index (Phi) is 6.35. The number of esters is 1. The average molecular weight is 345 g/mol. The molecule has 0 spiro atoms. The van der Waals surface area contributed by atoms with Crippen molar-refractivity contribution in [3.63, 3.8) is 0 Å². The van der Waals surface area contributed by atoms with Crippen molar-refractivity contribution in [2.45, 2.75) is 31.8 Å². The number of carbonyl (C=O) groups is 1. The second kappa shape index (κ2) is 7.58. The molecule has 0 heterocycles. The highest BCUT2D eigenvalue weighted by Gasteiger charge is 2.26. The van der Waals surface area contributed by atoms with Crippen molar-refractivity contribution in [2.75, 3.05) is 13.1 Å². The van der Waals surface area contributed by atoms with Crippen molar-refractivity contribution >= 4 is 27.6 Å². The first-order chi connectivity index (χ1) is 10.3. The van der Waals surface area contributed by atoms with Crippen LogP contribution in [-0.2, 0) is 14.8 Å². The lowest BCUT2D eigenvalue weighted by Gasteiger charge is -2.19. The number of rotatable bonds is 6. The first-order valence-electron chi connectivity index (χ1n) is 6.68. The van der Waals surface area contributed by atoms with E-state index < -0.39 is 22.1 Å². The lowest BCUT2D eigenvalue weighted by atomic mass is 10.2. The quantitative estimate of drug-likeness (QED) is 0.739. The van der Waals surface area contributed by atoms with Crippen LogP contribution in [0.1, 0.15) is 31.1 Å². The van der Waals surface area contributed by atoms with Gasteiger partial charge in [-0.3, -0.25) is 0 Å². The monoisotopic (exact) mass is 344 g/mol. The molecule has 1 rings (SSSR count). The van der Waals surface area contributed by atoms with E-state index >= 15 is 0 Å². The smallest absolute Gasteiger partial charge is 0.339 e. The van der Waals surface area contributed by atoms with E-state index in [-0.39, 0.29) is 28.6 Å². The summed E-state index contributed by atoms with van der Waals surface area (Å²) in [5, 5.41) is 8.67. The summed E-state index contributed by atoms with van der Waals surface area (Å²) >= 11 is 5.97. The van der Waals surface area contributed by atoms with Crippen molar-refractivity contribution < 1.29 is 17.9 Å². The second-order valence-corrected chi connectivity index (χ2v) is 6.72. The molecule has 0 aliphatic heterocycles. The second-order valence-electron chi connectivity index (χ2n) is 4.41. The first-order valence-corrected chi connectivity index (χ1v) is 8.50. The predicted octanol–water partition coefficient (Wildman–Crippen LogP) is 2.44. The van der Waals surface area contributed by atoms with E-state index in [1.165, 1.54) is 29.4 Å². The largest absolute Gasteiger partial charge is 0.444 e. The Balaban J connectivity index is 3.26. The van der Waals surface area contributed by atoms with Gasteiger partial charge in [-0.15, -0.1) is 0 Å². The molecule has 0 radical (unpaired) electrons. The SMILES string of the molecule is CCN(CC)S(=O)(=O)c1cc(C(=O)O[C@@H](C)C#N)ccc1Cl. The van der Waals surface area contributed by atoms with Gasteiger partial charge in [-0.1, -0.05) is 25.4 Å². The molecule has 0 aromatic heterocycles. The van der Waals surface area contributed by atoms with Gasteiger partial charge < -0.3 is 4.74 Å². The highest BCUT2D eigenvalue weighted by molar-refractivity contribution is 7.89. The van der Waals surface area contributed by atoms with Crippen LogP contribution in [0.5, 0.6) is 0 Å². The van der Waals surface area contributed by atoms with Crippen molar-refractivity contribution in [3.8, 4) is 6.07 Å². The Morgan fingerprint density at radius 1 is 1.41 bits per heavy atom. The molecule has 0 aliphatic rings. The maximum Gasteiger partial charge on any atom is 0.339 e. The molecule has 22 heavy (non-hydrogen) atoms. The number of nitrogens with zero attached hydrogens (tertiary/aromatic N) is 2. The summed E-state index contributed by atoms with van der Waals surface area (Å²) in [5.74, 6) is -0.776. The van der Waals surface area contributed by atoms with Gasteiger partial charge in [0.15, 0.2) is 6.10 Å². The molecule has 1 atom stereocenters. The van der Waals surface area contributed by atoms with Crippen molar-refractivity contribution in [1.29, 1.82) is 5.26 Å². The lowest BCUT2D eigenvalue weighted by molar-refractivity contribution is 0.0435. The van der Waals surface area contributed by atoms with Crippen LogP contribution >= 0.6 is 11.6 Å². The normalized spacial score (nSPS) is 12.7. The van der Waals surface area contributed by atoms with Crippen LogP contribution in [0, 0.1) is 11.3 Å². The zero-order chi connectivity index (χ0) is 16.9. The third kappa shape index (κ3) is 3.97. The van der Waals surface area contributed by atoms with E-state index in [0.29, 0.717) is 0 Å². The summed E-state index contributed by atoms with van der Waals surface area (Å²) < 4.78 is 31.1. The summed E-state index contributed by atoms with van der Waals surface area (Å²) in [4.78, 5) is 11.7. The summed E-state index contributed by atoms with van der Waals surface area (Å²) in [5.41, 5.74) is 0.0252. The molecule has 6 nitrogen and oxygen atoms in total. The number of ether oxygens (including phenoxy) is 1. The van der Waals surface area contributed by atoms with Crippen molar-refractivity contribution in [3.05, 3.63) is 28.8 Å². The number of benzene rings is 1. The fourth-order valence-corrected chi connectivity index (χ4v) is 3.74. The average Bonchev–Trinajstić information content (AvgIpc) is 2.48. The number of halogens is 1. The molecule has 1 aromatic rings. The molecule has 0 amide bonds.